The molecule has 0 amide bonds. The molecular formula is C16H15N3O. The number of fused-ring (bicyclic) bond motifs is 1. The number of hydrogen-bond acceptors (Lipinski definition) is 4. The number of rotatable bonds is 3. The SMILES string of the molecule is CCc1ccc2c(Oc3ccc(N)cn3)ccnc2c1. The lowest BCUT2D eigenvalue weighted by Crippen LogP contribution is -1.92. The Hall–Kier alpha value is -2.62. The van der Waals surface area contributed by atoms with E-state index < -0.39 is 0 Å². The van der Waals surface area contributed by atoms with Gasteiger partial charge in [-0.05, 0) is 36.2 Å². The average molecular weight is 265 g/mol. The molecule has 20 heavy (non-hydrogen) atoms. The molecule has 0 saturated heterocycles. The van der Waals surface area contributed by atoms with E-state index in [1.165, 1.54) is 5.56 Å². The molecule has 0 aliphatic carbocycles. The third-order valence-electron chi connectivity index (χ3n) is 3.15. The van der Waals surface area contributed by atoms with Crippen LogP contribution in [0, 0.1) is 0 Å². The lowest BCUT2D eigenvalue weighted by Gasteiger charge is -2.08. The van der Waals surface area contributed by atoms with E-state index in [1.54, 1.807) is 24.5 Å². The van der Waals surface area contributed by atoms with Gasteiger partial charge in [0.15, 0.2) is 0 Å². The molecule has 3 aromatic rings. The van der Waals surface area contributed by atoms with Gasteiger partial charge in [0.05, 0.1) is 17.4 Å². The molecule has 0 fully saturated rings. The van der Waals surface area contributed by atoms with E-state index in [2.05, 4.69) is 29.0 Å². The fourth-order valence-corrected chi connectivity index (χ4v) is 2.04. The van der Waals surface area contributed by atoms with Gasteiger partial charge in [0.1, 0.15) is 5.75 Å². The quantitative estimate of drug-likeness (QED) is 0.786. The van der Waals surface area contributed by atoms with E-state index in [0.717, 1.165) is 23.1 Å². The summed E-state index contributed by atoms with van der Waals surface area (Å²) >= 11 is 0. The Balaban J connectivity index is 2.01. The van der Waals surface area contributed by atoms with E-state index >= 15 is 0 Å². The van der Waals surface area contributed by atoms with Gasteiger partial charge < -0.3 is 10.5 Å². The van der Waals surface area contributed by atoms with E-state index in [1.807, 2.05) is 12.1 Å². The van der Waals surface area contributed by atoms with Crippen molar-refractivity contribution in [1.82, 2.24) is 9.97 Å². The number of anilines is 1. The second-order valence-electron chi connectivity index (χ2n) is 4.55. The summed E-state index contributed by atoms with van der Waals surface area (Å²) in [7, 11) is 0. The van der Waals surface area contributed by atoms with Crippen LogP contribution >= 0.6 is 0 Å². The lowest BCUT2D eigenvalue weighted by atomic mass is 10.1. The first-order valence-electron chi connectivity index (χ1n) is 6.53. The number of aromatic nitrogens is 2. The second kappa shape index (κ2) is 5.17. The third-order valence-corrected chi connectivity index (χ3v) is 3.15. The highest BCUT2D eigenvalue weighted by atomic mass is 16.5. The number of benzene rings is 1. The second-order valence-corrected chi connectivity index (χ2v) is 4.55. The summed E-state index contributed by atoms with van der Waals surface area (Å²) < 4.78 is 5.81. The van der Waals surface area contributed by atoms with Crippen molar-refractivity contribution in [1.29, 1.82) is 0 Å². The summed E-state index contributed by atoms with van der Waals surface area (Å²) in [6.07, 6.45) is 4.31. The van der Waals surface area contributed by atoms with Gasteiger partial charge in [-0.2, -0.15) is 0 Å². The Morgan fingerprint density at radius 2 is 2.00 bits per heavy atom. The number of pyridine rings is 2. The van der Waals surface area contributed by atoms with Crippen molar-refractivity contribution < 1.29 is 4.74 Å². The zero-order valence-electron chi connectivity index (χ0n) is 11.2. The molecule has 100 valence electrons. The van der Waals surface area contributed by atoms with E-state index in [9.17, 15) is 0 Å². The highest BCUT2D eigenvalue weighted by Gasteiger charge is 2.05. The van der Waals surface area contributed by atoms with Crippen LogP contribution in [0.5, 0.6) is 11.6 Å². The molecule has 2 N–H and O–H groups in total. The van der Waals surface area contributed by atoms with Crippen LogP contribution in [0.2, 0.25) is 0 Å². The maximum absolute atomic E-state index is 5.81. The predicted octanol–water partition coefficient (Wildman–Crippen LogP) is 3.57. The molecule has 0 bridgehead atoms. The van der Waals surface area contributed by atoms with Crippen LogP contribution in [0.4, 0.5) is 5.69 Å². The molecule has 0 aliphatic rings. The molecule has 4 heteroatoms. The van der Waals surface area contributed by atoms with Crippen LogP contribution in [0.15, 0.2) is 48.8 Å². The first-order chi connectivity index (χ1) is 9.76. The Morgan fingerprint density at radius 3 is 2.75 bits per heavy atom. The number of aryl methyl sites for hydroxylation is 1. The van der Waals surface area contributed by atoms with E-state index in [-0.39, 0.29) is 0 Å². The summed E-state index contributed by atoms with van der Waals surface area (Å²) in [6.45, 7) is 2.12. The molecule has 0 saturated carbocycles. The normalized spacial score (nSPS) is 10.7. The minimum atomic E-state index is 0.520. The molecular weight excluding hydrogens is 250 g/mol. The first kappa shape index (κ1) is 12.4. The van der Waals surface area contributed by atoms with Crippen LogP contribution in [0.25, 0.3) is 10.9 Å². The Labute approximate surface area is 117 Å². The monoisotopic (exact) mass is 265 g/mol. The number of nitrogens with two attached hydrogens (primary N) is 1. The zero-order valence-corrected chi connectivity index (χ0v) is 11.2. The summed E-state index contributed by atoms with van der Waals surface area (Å²) in [5, 5.41) is 0.975. The van der Waals surface area contributed by atoms with Crippen molar-refractivity contribution in [2.24, 2.45) is 0 Å². The lowest BCUT2D eigenvalue weighted by molar-refractivity contribution is 0.468. The predicted molar refractivity (Wildman–Crippen MR) is 79.8 cm³/mol. The standard InChI is InChI=1S/C16H15N3O/c1-2-11-3-5-13-14(9-11)18-8-7-15(13)20-16-6-4-12(17)10-19-16/h3-10H,2,17H2,1H3. The van der Waals surface area contributed by atoms with Crippen LogP contribution in [0.3, 0.4) is 0 Å². The zero-order chi connectivity index (χ0) is 13.9. The van der Waals surface area contributed by atoms with Crippen molar-refractivity contribution in [2.75, 3.05) is 5.73 Å². The van der Waals surface area contributed by atoms with E-state index in [0.29, 0.717) is 11.6 Å². The maximum atomic E-state index is 5.81. The van der Waals surface area contributed by atoms with Gasteiger partial charge in [0.25, 0.3) is 0 Å². The molecule has 1 aromatic carbocycles. The fourth-order valence-electron chi connectivity index (χ4n) is 2.04. The van der Waals surface area contributed by atoms with Crippen LogP contribution in [-0.4, -0.2) is 9.97 Å². The van der Waals surface area contributed by atoms with Gasteiger partial charge in [-0.15, -0.1) is 0 Å². The molecule has 3 rings (SSSR count). The van der Waals surface area contributed by atoms with Crippen molar-refractivity contribution in [3.05, 3.63) is 54.4 Å². The smallest absolute Gasteiger partial charge is 0.219 e. The minimum absolute atomic E-state index is 0.520. The van der Waals surface area contributed by atoms with Crippen molar-refractivity contribution in [2.45, 2.75) is 13.3 Å². The van der Waals surface area contributed by atoms with Gasteiger partial charge in [-0.3, -0.25) is 4.98 Å². The van der Waals surface area contributed by atoms with Crippen molar-refractivity contribution in [3.63, 3.8) is 0 Å². The number of nitrogen functional groups attached to an aromatic ring is 1. The van der Waals surface area contributed by atoms with Crippen LogP contribution in [0.1, 0.15) is 12.5 Å². The molecule has 0 radical (unpaired) electrons. The number of hydrogen-bond donors (Lipinski definition) is 1. The highest BCUT2D eigenvalue weighted by molar-refractivity contribution is 5.85. The Bertz CT molecular complexity index is 738. The summed E-state index contributed by atoms with van der Waals surface area (Å²) in [6, 6.07) is 11.6. The van der Waals surface area contributed by atoms with Gasteiger partial charge in [-0.25, -0.2) is 4.98 Å². The van der Waals surface area contributed by atoms with Gasteiger partial charge in [0.2, 0.25) is 5.88 Å². The summed E-state index contributed by atoms with van der Waals surface area (Å²) in [5.74, 6) is 1.26. The minimum Gasteiger partial charge on any atom is -0.438 e. The largest absolute Gasteiger partial charge is 0.438 e. The first-order valence-corrected chi connectivity index (χ1v) is 6.53. The van der Waals surface area contributed by atoms with Crippen molar-refractivity contribution in [3.8, 4) is 11.6 Å². The highest BCUT2D eigenvalue weighted by Crippen LogP contribution is 2.28. The molecule has 0 atom stereocenters. The number of nitrogens with zero attached hydrogens (tertiary/aromatic N) is 2. The molecule has 0 aliphatic heterocycles. The molecule has 2 aromatic heterocycles. The van der Waals surface area contributed by atoms with Crippen molar-refractivity contribution >= 4 is 16.6 Å². The average Bonchev–Trinajstić information content (AvgIpc) is 2.49. The third kappa shape index (κ3) is 2.40. The molecule has 2 heterocycles. The van der Waals surface area contributed by atoms with Gasteiger partial charge in [-0.1, -0.05) is 13.0 Å². The number of ether oxygens (including phenoxy) is 1. The molecule has 0 spiro atoms. The maximum Gasteiger partial charge on any atom is 0.219 e. The van der Waals surface area contributed by atoms with Gasteiger partial charge >= 0.3 is 0 Å². The molecule has 0 unspecified atom stereocenters. The summed E-state index contributed by atoms with van der Waals surface area (Å²) in [5.41, 5.74) is 8.42. The van der Waals surface area contributed by atoms with E-state index in [4.69, 9.17) is 10.5 Å². The molecule has 4 nitrogen and oxygen atoms in total. The summed E-state index contributed by atoms with van der Waals surface area (Å²) in [4.78, 5) is 8.53. The van der Waals surface area contributed by atoms with Crippen LogP contribution in [-0.2, 0) is 6.42 Å². The van der Waals surface area contributed by atoms with Gasteiger partial charge in [0, 0.05) is 17.6 Å². The fraction of sp³-hybridized carbons (Fsp3) is 0.125. The van der Waals surface area contributed by atoms with Crippen LogP contribution < -0.4 is 10.5 Å². The topological polar surface area (TPSA) is 61.0 Å². The Morgan fingerprint density at radius 1 is 1.10 bits per heavy atom. The Kier molecular flexibility index (Phi) is 3.21.